The number of hydrogen-bond donors (Lipinski definition) is 2. The summed E-state index contributed by atoms with van der Waals surface area (Å²) >= 11 is 0. The van der Waals surface area contributed by atoms with E-state index in [1.165, 1.54) is 41.5 Å². The van der Waals surface area contributed by atoms with E-state index < -0.39 is 11.9 Å². The van der Waals surface area contributed by atoms with Crippen LogP contribution in [0.25, 0.3) is 5.57 Å². The number of fused-ring (bicyclic) bond motifs is 2. The molecule has 0 bridgehead atoms. The quantitative estimate of drug-likeness (QED) is 0.192. The Balaban J connectivity index is 1.33. The van der Waals surface area contributed by atoms with Gasteiger partial charge in [-0.1, -0.05) is 66.0 Å². The number of aryl methyl sites for hydroxylation is 1. The van der Waals surface area contributed by atoms with Crippen LogP contribution in [0.15, 0.2) is 59.3 Å². The Morgan fingerprint density at radius 3 is 2.59 bits per heavy atom. The minimum absolute atomic E-state index is 0.260. The van der Waals surface area contributed by atoms with E-state index in [1.807, 2.05) is 12.1 Å². The van der Waals surface area contributed by atoms with E-state index in [1.54, 1.807) is 5.57 Å². The lowest BCUT2D eigenvalue weighted by atomic mass is 9.90. The van der Waals surface area contributed by atoms with E-state index in [0.29, 0.717) is 12.1 Å². The van der Waals surface area contributed by atoms with Crippen molar-refractivity contribution < 1.29 is 15.1 Å². The van der Waals surface area contributed by atoms with Gasteiger partial charge in [-0.05, 0) is 85.3 Å². The normalized spacial score (nSPS) is 16.6. The van der Waals surface area contributed by atoms with Crippen molar-refractivity contribution in [1.82, 2.24) is 0 Å². The lowest BCUT2D eigenvalue weighted by molar-refractivity contribution is -0.141. The number of carboxylic acid groups (broad SMARTS) is 1. The van der Waals surface area contributed by atoms with E-state index in [-0.39, 0.29) is 6.42 Å². The van der Waals surface area contributed by atoms with Gasteiger partial charge in [-0.15, -0.1) is 0 Å². The highest BCUT2D eigenvalue weighted by Gasteiger charge is 2.26. The number of aliphatic carboxylic acids is 1. The molecule has 2 aromatic carbocycles. The molecular weight excluding hydrogens is 398 g/mol. The molecule has 168 valence electrons. The molecule has 0 fully saturated rings. The second-order valence-electron chi connectivity index (χ2n) is 9.21. The minimum atomic E-state index is -0.812. The predicted octanol–water partition coefficient (Wildman–Crippen LogP) is 6.64. The van der Waals surface area contributed by atoms with Crippen molar-refractivity contribution in [2.75, 3.05) is 0 Å². The van der Waals surface area contributed by atoms with Crippen LogP contribution in [0, 0.1) is 5.92 Å². The lowest BCUT2D eigenvalue weighted by Crippen LogP contribution is -2.19. The topological polar surface area (TPSA) is 69.9 Å². The molecule has 4 heteroatoms. The fraction of sp³-hybridized carbons (Fsp3) is 0.429. The maximum absolute atomic E-state index is 11.9. The second kappa shape index (κ2) is 10.6. The summed E-state index contributed by atoms with van der Waals surface area (Å²) in [6.45, 7) is 0. The smallest absolute Gasteiger partial charge is 0.306 e. The van der Waals surface area contributed by atoms with Crippen molar-refractivity contribution >= 4 is 17.3 Å². The van der Waals surface area contributed by atoms with E-state index >= 15 is 0 Å². The van der Waals surface area contributed by atoms with Gasteiger partial charge in [0, 0.05) is 6.42 Å². The van der Waals surface area contributed by atoms with Crippen molar-refractivity contribution in [3.63, 3.8) is 0 Å². The summed E-state index contributed by atoms with van der Waals surface area (Å²) in [7, 11) is 0. The van der Waals surface area contributed by atoms with Crippen LogP contribution in [0.4, 0.5) is 0 Å². The Morgan fingerprint density at radius 2 is 1.81 bits per heavy atom. The Hall–Kier alpha value is -2.88. The molecule has 0 radical (unpaired) electrons. The number of hydrogen-bond acceptors (Lipinski definition) is 3. The first-order valence-electron chi connectivity index (χ1n) is 12.0. The summed E-state index contributed by atoms with van der Waals surface area (Å²) in [5, 5.41) is 23.0. The van der Waals surface area contributed by atoms with Gasteiger partial charge in [-0.25, -0.2) is 0 Å². The van der Waals surface area contributed by atoms with Gasteiger partial charge >= 0.3 is 5.97 Å². The first kappa shape index (κ1) is 22.3. The molecule has 2 aliphatic rings. The number of nitrogens with zero attached hydrogens (tertiary/aromatic N) is 1. The van der Waals surface area contributed by atoms with Crippen LogP contribution in [0.1, 0.15) is 80.0 Å². The molecule has 0 aromatic heterocycles. The van der Waals surface area contributed by atoms with Gasteiger partial charge in [0.25, 0.3) is 0 Å². The van der Waals surface area contributed by atoms with E-state index in [2.05, 4.69) is 41.6 Å². The molecule has 4 rings (SSSR count). The largest absolute Gasteiger partial charge is 0.481 e. The summed E-state index contributed by atoms with van der Waals surface area (Å²) in [6, 6.07) is 16.6. The third-order valence-corrected chi connectivity index (χ3v) is 7.02. The predicted molar refractivity (Wildman–Crippen MR) is 128 cm³/mol. The fourth-order valence-electron chi connectivity index (χ4n) is 5.24. The standard InChI is InChI=1S/C28H33NO3/c30-28(31)23(13-6-2-5-11-20-9-3-1-4-10-20)19-27(29-32)22-15-16-26-24(18-22)17-21-12-7-8-14-25(21)26/h1,3-4,9-10,15-16,18,23,32H,2,5-8,11-14,17,19H2,(H,30,31)/t23-/m0/s1. The van der Waals surface area contributed by atoms with Crippen molar-refractivity contribution in [3.05, 3.63) is 76.4 Å². The zero-order valence-corrected chi connectivity index (χ0v) is 18.7. The molecule has 2 aliphatic carbocycles. The van der Waals surface area contributed by atoms with Gasteiger partial charge in [0.1, 0.15) is 0 Å². The first-order valence-corrected chi connectivity index (χ1v) is 12.0. The number of rotatable bonds is 10. The average molecular weight is 432 g/mol. The molecule has 4 nitrogen and oxygen atoms in total. The Labute approximate surface area is 190 Å². The second-order valence-corrected chi connectivity index (χ2v) is 9.21. The van der Waals surface area contributed by atoms with Gasteiger partial charge in [0.05, 0.1) is 11.6 Å². The highest BCUT2D eigenvalue weighted by molar-refractivity contribution is 6.02. The Morgan fingerprint density at radius 1 is 1.00 bits per heavy atom. The van der Waals surface area contributed by atoms with E-state index in [9.17, 15) is 15.1 Å². The molecule has 1 atom stereocenters. The minimum Gasteiger partial charge on any atom is -0.481 e. The fourth-order valence-corrected chi connectivity index (χ4v) is 5.24. The van der Waals surface area contributed by atoms with Crippen molar-refractivity contribution in [1.29, 1.82) is 0 Å². The molecule has 0 spiro atoms. The van der Waals surface area contributed by atoms with Crippen LogP contribution in [0.3, 0.4) is 0 Å². The van der Waals surface area contributed by atoms with Crippen molar-refractivity contribution in [3.8, 4) is 0 Å². The van der Waals surface area contributed by atoms with Gasteiger partial charge in [-0.3, -0.25) is 4.79 Å². The van der Waals surface area contributed by atoms with Gasteiger partial charge in [0.2, 0.25) is 0 Å². The number of unbranched alkanes of at least 4 members (excludes halogenated alkanes) is 2. The van der Waals surface area contributed by atoms with Crippen LogP contribution in [-0.2, 0) is 17.6 Å². The molecule has 32 heavy (non-hydrogen) atoms. The number of carbonyl (C=O) groups is 1. The number of carboxylic acids is 1. The van der Waals surface area contributed by atoms with E-state index in [0.717, 1.165) is 44.1 Å². The van der Waals surface area contributed by atoms with Crippen LogP contribution in [0.2, 0.25) is 0 Å². The zero-order chi connectivity index (χ0) is 22.3. The molecule has 2 aromatic rings. The summed E-state index contributed by atoms with van der Waals surface area (Å²) < 4.78 is 0. The van der Waals surface area contributed by atoms with Crippen molar-refractivity contribution in [2.45, 2.75) is 70.6 Å². The first-order chi connectivity index (χ1) is 15.7. The monoisotopic (exact) mass is 431 g/mol. The third kappa shape index (κ3) is 5.29. The maximum Gasteiger partial charge on any atom is 0.306 e. The molecule has 0 amide bonds. The molecule has 0 aliphatic heterocycles. The molecule has 0 saturated carbocycles. The molecule has 0 heterocycles. The van der Waals surface area contributed by atoms with Crippen molar-refractivity contribution in [2.24, 2.45) is 11.1 Å². The van der Waals surface area contributed by atoms with Gasteiger partial charge in [0.15, 0.2) is 0 Å². The van der Waals surface area contributed by atoms with E-state index in [4.69, 9.17) is 0 Å². The van der Waals surface area contributed by atoms with Crippen LogP contribution >= 0.6 is 0 Å². The number of benzene rings is 2. The summed E-state index contributed by atoms with van der Waals surface area (Å²) in [5.74, 6) is -1.34. The average Bonchev–Trinajstić information content (AvgIpc) is 3.19. The Bertz CT molecular complexity index is 1010. The molecule has 0 unspecified atom stereocenters. The SMILES string of the molecule is O=C(O)[C@@H](CCCCCc1ccccc1)CC(=NO)c1ccc2c(c1)CC1=C2CCCC1. The highest BCUT2D eigenvalue weighted by atomic mass is 16.4. The molecule has 0 saturated heterocycles. The van der Waals surface area contributed by atoms with Gasteiger partial charge < -0.3 is 10.3 Å². The number of allylic oxidation sites excluding steroid dienone is 2. The summed E-state index contributed by atoms with van der Waals surface area (Å²) in [4.78, 5) is 11.9. The zero-order valence-electron chi connectivity index (χ0n) is 18.7. The van der Waals surface area contributed by atoms with Crippen LogP contribution in [-0.4, -0.2) is 22.0 Å². The highest BCUT2D eigenvalue weighted by Crippen LogP contribution is 2.41. The molecule has 2 N–H and O–H groups in total. The number of oxime groups is 1. The third-order valence-electron chi connectivity index (χ3n) is 7.02. The summed E-state index contributed by atoms with van der Waals surface area (Å²) in [6.07, 6.45) is 10.7. The summed E-state index contributed by atoms with van der Waals surface area (Å²) in [5.41, 5.74) is 8.36. The van der Waals surface area contributed by atoms with Crippen LogP contribution < -0.4 is 0 Å². The van der Waals surface area contributed by atoms with Gasteiger partial charge in [-0.2, -0.15) is 0 Å². The maximum atomic E-state index is 11.9. The van der Waals surface area contributed by atoms with Crippen LogP contribution in [0.5, 0.6) is 0 Å². The Kier molecular flexibility index (Phi) is 7.41. The lowest BCUT2D eigenvalue weighted by Gasteiger charge is -2.15. The molecular formula is C28H33NO3.